The molecule has 0 radical (unpaired) electrons. The number of alkyl halides is 2. The summed E-state index contributed by atoms with van der Waals surface area (Å²) in [5.74, 6) is 0.140. The monoisotopic (exact) mass is 284 g/mol. The molecule has 1 aromatic carbocycles. The molecular weight excluding hydrogens is 270 g/mol. The van der Waals surface area contributed by atoms with Crippen molar-refractivity contribution in [1.82, 2.24) is 4.98 Å². The zero-order valence-electron chi connectivity index (χ0n) is 10.6. The summed E-state index contributed by atoms with van der Waals surface area (Å²) in [4.78, 5) is 4.38. The van der Waals surface area contributed by atoms with Gasteiger partial charge in [-0.25, -0.2) is 4.98 Å². The lowest BCUT2D eigenvalue weighted by molar-refractivity contribution is -0.0498. The number of thiazole rings is 1. The van der Waals surface area contributed by atoms with Crippen molar-refractivity contribution >= 4 is 17.0 Å². The Morgan fingerprint density at radius 3 is 2.79 bits per heavy atom. The second-order valence-corrected chi connectivity index (χ2v) is 5.13. The van der Waals surface area contributed by atoms with Crippen LogP contribution in [-0.4, -0.2) is 11.6 Å². The minimum Gasteiger partial charge on any atom is -0.435 e. The van der Waals surface area contributed by atoms with E-state index in [1.807, 2.05) is 19.2 Å². The first-order valence-corrected chi connectivity index (χ1v) is 6.66. The van der Waals surface area contributed by atoms with Crippen LogP contribution >= 0.6 is 11.3 Å². The zero-order chi connectivity index (χ0) is 13.8. The van der Waals surface area contributed by atoms with Crippen molar-refractivity contribution in [2.24, 2.45) is 0 Å². The molecule has 2 aromatic rings. The Hall–Kier alpha value is -1.69. The van der Waals surface area contributed by atoms with Gasteiger partial charge in [0, 0.05) is 17.1 Å². The van der Waals surface area contributed by atoms with Crippen LogP contribution in [0.1, 0.15) is 23.7 Å². The quantitative estimate of drug-likeness (QED) is 0.892. The molecule has 0 saturated heterocycles. The van der Waals surface area contributed by atoms with Crippen LogP contribution in [-0.2, 0) is 0 Å². The summed E-state index contributed by atoms with van der Waals surface area (Å²) in [6.45, 7) is 1.10. The summed E-state index contributed by atoms with van der Waals surface area (Å²) in [5.41, 5.74) is 1.65. The third-order valence-electron chi connectivity index (χ3n) is 2.52. The van der Waals surface area contributed by atoms with E-state index in [4.69, 9.17) is 0 Å². The van der Waals surface area contributed by atoms with Gasteiger partial charge in [-0.1, -0.05) is 6.07 Å². The van der Waals surface area contributed by atoms with Crippen LogP contribution in [0, 0.1) is 6.92 Å². The average Bonchev–Trinajstić information content (AvgIpc) is 2.75. The highest BCUT2D eigenvalue weighted by Crippen LogP contribution is 2.24. The van der Waals surface area contributed by atoms with E-state index in [0.29, 0.717) is 0 Å². The van der Waals surface area contributed by atoms with Gasteiger partial charge >= 0.3 is 6.61 Å². The van der Waals surface area contributed by atoms with Gasteiger partial charge in [0.2, 0.25) is 0 Å². The predicted molar refractivity (Wildman–Crippen MR) is 72.0 cm³/mol. The number of anilines is 1. The van der Waals surface area contributed by atoms with Crippen LogP contribution in [0.25, 0.3) is 0 Å². The number of rotatable bonds is 5. The van der Waals surface area contributed by atoms with Crippen molar-refractivity contribution in [3.63, 3.8) is 0 Å². The first-order chi connectivity index (χ1) is 9.04. The third-order valence-corrected chi connectivity index (χ3v) is 3.31. The van der Waals surface area contributed by atoms with E-state index in [2.05, 4.69) is 15.0 Å². The second kappa shape index (κ2) is 5.97. The van der Waals surface area contributed by atoms with Gasteiger partial charge in [0.15, 0.2) is 0 Å². The van der Waals surface area contributed by atoms with Gasteiger partial charge in [0.25, 0.3) is 0 Å². The van der Waals surface area contributed by atoms with E-state index < -0.39 is 6.61 Å². The number of ether oxygens (including phenoxy) is 1. The van der Waals surface area contributed by atoms with Crippen LogP contribution in [0.5, 0.6) is 5.75 Å². The van der Waals surface area contributed by atoms with Crippen molar-refractivity contribution in [2.75, 3.05) is 5.32 Å². The first-order valence-electron chi connectivity index (χ1n) is 5.78. The molecule has 1 atom stereocenters. The first kappa shape index (κ1) is 13.7. The fourth-order valence-electron chi connectivity index (χ4n) is 1.67. The van der Waals surface area contributed by atoms with Gasteiger partial charge in [-0.15, -0.1) is 11.3 Å². The van der Waals surface area contributed by atoms with Gasteiger partial charge in [-0.3, -0.25) is 0 Å². The highest BCUT2D eigenvalue weighted by atomic mass is 32.1. The maximum absolute atomic E-state index is 12.1. The smallest absolute Gasteiger partial charge is 0.387 e. The van der Waals surface area contributed by atoms with E-state index in [1.54, 1.807) is 29.5 Å². The molecule has 0 amide bonds. The normalized spacial score (nSPS) is 12.5. The van der Waals surface area contributed by atoms with Gasteiger partial charge in [0.05, 0.1) is 16.7 Å². The van der Waals surface area contributed by atoms with E-state index in [1.165, 1.54) is 6.07 Å². The molecule has 1 heterocycles. The number of nitrogens with zero attached hydrogens (tertiary/aromatic N) is 1. The molecule has 1 N–H and O–H groups in total. The minimum absolute atomic E-state index is 0.00625. The van der Waals surface area contributed by atoms with Crippen LogP contribution in [0.2, 0.25) is 0 Å². The molecule has 2 rings (SSSR count). The highest BCUT2D eigenvalue weighted by molar-refractivity contribution is 7.09. The van der Waals surface area contributed by atoms with Gasteiger partial charge in [-0.05, 0) is 26.0 Å². The Labute approximate surface area is 114 Å². The Balaban J connectivity index is 2.06. The fourth-order valence-corrected chi connectivity index (χ4v) is 2.37. The Bertz CT molecular complexity index is 545. The Morgan fingerprint density at radius 1 is 1.37 bits per heavy atom. The molecule has 0 aliphatic heterocycles. The molecule has 6 heteroatoms. The summed E-state index contributed by atoms with van der Waals surface area (Å²) in [6.07, 6.45) is 0. The maximum Gasteiger partial charge on any atom is 0.387 e. The number of benzene rings is 1. The van der Waals surface area contributed by atoms with Crippen molar-refractivity contribution in [3.8, 4) is 5.75 Å². The van der Waals surface area contributed by atoms with Crippen molar-refractivity contribution in [1.29, 1.82) is 0 Å². The molecule has 19 heavy (non-hydrogen) atoms. The maximum atomic E-state index is 12.1. The molecule has 0 aliphatic carbocycles. The van der Waals surface area contributed by atoms with E-state index in [9.17, 15) is 8.78 Å². The third kappa shape index (κ3) is 3.89. The van der Waals surface area contributed by atoms with Crippen LogP contribution in [0.4, 0.5) is 14.5 Å². The highest BCUT2D eigenvalue weighted by Gasteiger charge is 2.10. The van der Waals surface area contributed by atoms with Crippen LogP contribution in [0.3, 0.4) is 0 Å². The Morgan fingerprint density at radius 2 is 2.16 bits per heavy atom. The lowest BCUT2D eigenvalue weighted by atomic mass is 10.2. The van der Waals surface area contributed by atoms with Gasteiger partial charge < -0.3 is 10.1 Å². The average molecular weight is 284 g/mol. The van der Waals surface area contributed by atoms with Crippen molar-refractivity contribution in [2.45, 2.75) is 26.5 Å². The number of halogens is 2. The molecule has 0 spiro atoms. The van der Waals surface area contributed by atoms with Crippen LogP contribution in [0.15, 0.2) is 29.6 Å². The topological polar surface area (TPSA) is 34.2 Å². The van der Waals surface area contributed by atoms with Gasteiger partial charge in [-0.2, -0.15) is 8.78 Å². The zero-order valence-corrected chi connectivity index (χ0v) is 11.4. The summed E-state index contributed by atoms with van der Waals surface area (Å²) in [6, 6.07) is 6.51. The Kier molecular flexibility index (Phi) is 4.31. The summed E-state index contributed by atoms with van der Waals surface area (Å²) in [5, 5.41) is 6.18. The molecule has 0 bridgehead atoms. The second-order valence-electron chi connectivity index (χ2n) is 4.06. The lowest BCUT2D eigenvalue weighted by Gasteiger charge is -2.14. The lowest BCUT2D eigenvalue weighted by Crippen LogP contribution is -2.07. The molecule has 102 valence electrons. The minimum atomic E-state index is -2.81. The molecule has 0 saturated carbocycles. The number of aromatic nitrogens is 1. The van der Waals surface area contributed by atoms with Crippen LogP contribution < -0.4 is 10.1 Å². The van der Waals surface area contributed by atoms with Crippen molar-refractivity contribution < 1.29 is 13.5 Å². The number of nitrogens with one attached hydrogen (secondary N) is 1. The van der Waals surface area contributed by atoms with E-state index >= 15 is 0 Å². The number of hydrogen-bond donors (Lipinski definition) is 1. The number of hydrogen-bond acceptors (Lipinski definition) is 4. The number of aryl methyl sites for hydroxylation is 1. The van der Waals surface area contributed by atoms with Gasteiger partial charge in [0.1, 0.15) is 5.75 Å². The summed E-state index contributed by atoms with van der Waals surface area (Å²) >= 11 is 1.58. The molecule has 1 unspecified atom stereocenters. The van der Waals surface area contributed by atoms with Crippen molar-refractivity contribution in [3.05, 3.63) is 40.3 Å². The standard InChI is InChI=1S/C13H14F2N2OS/c1-8(12-7-19-9(2)17-12)16-10-4-3-5-11(6-10)18-13(14)15/h3-8,13,16H,1-2H3. The predicted octanol–water partition coefficient (Wildman–Crippen LogP) is 4.23. The summed E-state index contributed by atoms with van der Waals surface area (Å²) < 4.78 is 28.6. The molecule has 1 aromatic heterocycles. The molecule has 3 nitrogen and oxygen atoms in total. The largest absolute Gasteiger partial charge is 0.435 e. The van der Waals surface area contributed by atoms with E-state index in [0.717, 1.165) is 16.4 Å². The summed E-state index contributed by atoms with van der Waals surface area (Å²) in [7, 11) is 0. The molecule has 0 aliphatic rings. The van der Waals surface area contributed by atoms with E-state index in [-0.39, 0.29) is 11.8 Å². The SMILES string of the molecule is Cc1nc(C(C)Nc2cccc(OC(F)F)c2)cs1. The molecular formula is C13H14F2N2OS. The molecule has 0 fully saturated rings. The fraction of sp³-hybridized carbons (Fsp3) is 0.308.